The standard InChI is InChI=1S/C15H20N2O/c16-15(18)14-7-3-6-13(10-14)11-17-9-8-12-4-1-2-5-12/h3-4,6-7,10,17H,1-2,5,8-9,11H2,(H2,16,18). The van der Waals surface area contributed by atoms with E-state index in [9.17, 15) is 4.79 Å². The van der Waals surface area contributed by atoms with Crippen molar-refractivity contribution < 1.29 is 4.79 Å². The average molecular weight is 244 g/mol. The number of primary amides is 1. The Kier molecular flexibility index (Phi) is 4.53. The number of nitrogens with one attached hydrogen (secondary N) is 1. The first-order valence-electron chi connectivity index (χ1n) is 6.53. The molecule has 1 aromatic carbocycles. The highest BCUT2D eigenvalue weighted by molar-refractivity contribution is 5.92. The Morgan fingerprint density at radius 3 is 3.00 bits per heavy atom. The van der Waals surface area contributed by atoms with Gasteiger partial charge in [-0.25, -0.2) is 0 Å². The number of rotatable bonds is 6. The molecule has 0 unspecified atom stereocenters. The quantitative estimate of drug-likeness (QED) is 0.596. The molecule has 0 bridgehead atoms. The fraction of sp³-hybridized carbons (Fsp3) is 0.400. The van der Waals surface area contributed by atoms with E-state index in [0.29, 0.717) is 5.56 Å². The summed E-state index contributed by atoms with van der Waals surface area (Å²) in [6.07, 6.45) is 7.32. The summed E-state index contributed by atoms with van der Waals surface area (Å²) in [6, 6.07) is 7.48. The molecule has 0 spiro atoms. The molecule has 0 atom stereocenters. The van der Waals surface area contributed by atoms with Crippen molar-refractivity contribution >= 4 is 5.91 Å². The summed E-state index contributed by atoms with van der Waals surface area (Å²) in [7, 11) is 0. The maximum atomic E-state index is 11.1. The Morgan fingerprint density at radius 1 is 1.39 bits per heavy atom. The Hall–Kier alpha value is -1.61. The molecule has 3 heteroatoms. The van der Waals surface area contributed by atoms with Gasteiger partial charge < -0.3 is 11.1 Å². The molecule has 0 saturated carbocycles. The minimum Gasteiger partial charge on any atom is -0.366 e. The highest BCUT2D eigenvalue weighted by Gasteiger charge is 2.04. The van der Waals surface area contributed by atoms with Crippen molar-refractivity contribution in [2.75, 3.05) is 6.54 Å². The lowest BCUT2D eigenvalue weighted by Crippen LogP contribution is -2.16. The molecule has 1 aromatic rings. The lowest BCUT2D eigenvalue weighted by molar-refractivity contribution is 0.1000. The van der Waals surface area contributed by atoms with E-state index in [1.54, 1.807) is 11.6 Å². The summed E-state index contributed by atoms with van der Waals surface area (Å²) in [5, 5.41) is 3.40. The van der Waals surface area contributed by atoms with Crippen LogP contribution >= 0.6 is 0 Å². The lowest BCUT2D eigenvalue weighted by atomic mass is 10.1. The molecular weight excluding hydrogens is 224 g/mol. The first-order valence-corrected chi connectivity index (χ1v) is 6.53. The summed E-state index contributed by atoms with van der Waals surface area (Å²) >= 11 is 0. The minimum absolute atomic E-state index is 0.368. The fourth-order valence-electron chi connectivity index (χ4n) is 2.28. The van der Waals surface area contributed by atoms with Gasteiger partial charge in [-0.1, -0.05) is 23.8 Å². The zero-order chi connectivity index (χ0) is 12.8. The van der Waals surface area contributed by atoms with E-state index in [2.05, 4.69) is 11.4 Å². The molecule has 0 radical (unpaired) electrons. The van der Waals surface area contributed by atoms with Crippen molar-refractivity contribution in [3.63, 3.8) is 0 Å². The third kappa shape index (κ3) is 3.70. The van der Waals surface area contributed by atoms with Gasteiger partial charge in [0.05, 0.1) is 0 Å². The Labute approximate surface area is 108 Å². The van der Waals surface area contributed by atoms with Gasteiger partial charge in [-0.3, -0.25) is 4.79 Å². The van der Waals surface area contributed by atoms with Gasteiger partial charge in [-0.15, -0.1) is 0 Å². The number of benzene rings is 1. The van der Waals surface area contributed by atoms with Crippen LogP contribution in [0.5, 0.6) is 0 Å². The lowest BCUT2D eigenvalue weighted by Gasteiger charge is -2.06. The van der Waals surface area contributed by atoms with Crippen LogP contribution in [0.3, 0.4) is 0 Å². The number of amides is 1. The van der Waals surface area contributed by atoms with Crippen LogP contribution in [-0.2, 0) is 6.54 Å². The molecule has 3 nitrogen and oxygen atoms in total. The van der Waals surface area contributed by atoms with Crippen molar-refractivity contribution in [1.29, 1.82) is 0 Å². The number of carbonyl (C=O) groups excluding carboxylic acids is 1. The van der Waals surface area contributed by atoms with E-state index in [4.69, 9.17) is 5.73 Å². The highest BCUT2D eigenvalue weighted by atomic mass is 16.1. The topological polar surface area (TPSA) is 55.1 Å². The van der Waals surface area contributed by atoms with Crippen molar-refractivity contribution in [3.8, 4) is 0 Å². The Bertz CT molecular complexity index is 452. The molecule has 0 aliphatic heterocycles. The Morgan fingerprint density at radius 2 is 2.28 bits per heavy atom. The molecule has 3 N–H and O–H groups in total. The number of hydrogen-bond acceptors (Lipinski definition) is 2. The van der Waals surface area contributed by atoms with E-state index in [0.717, 1.165) is 25.1 Å². The number of hydrogen-bond donors (Lipinski definition) is 2. The summed E-state index contributed by atoms with van der Waals surface area (Å²) < 4.78 is 0. The van der Waals surface area contributed by atoms with E-state index in [-0.39, 0.29) is 5.91 Å². The first kappa shape index (κ1) is 12.8. The second-order valence-electron chi connectivity index (χ2n) is 4.75. The Balaban J connectivity index is 1.75. The predicted octanol–water partition coefficient (Wildman–Crippen LogP) is 2.38. The first-order chi connectivity index (χ1) is 8.75. The number of carbonyl (C=O) groups is 1. The molecule has 96 valence electrons. The van der Waals surface area contributed by atoms with E-state index in [1.165, 1.54) is 19.3 Å². The van der Waals surface area contributed by atoms with Crippen LogP contribution in [0.15, 0.2) is 35.9 Å². The molecule has 18 heavy (non-hydrogen) atoms. The molecule has 1 amide bonds. The normalized spacial score (nSPS) is 14.6. The van der Waals surface area contributed by atoms with Gasteiger partial charge in [-0.2, -0.15) is 0 Å². The molecule has 1 aliphatic rings. The van der Waals surface area contributed by atoms with Crippen LogP contribution in [0.1, 0.15) is 41.6 Å². The highest BCUT2D eigenvalue weighted by Crippen LogP contribution is 2.19. The van der Waals surface area contributed by atoms with Gasteiger partial charge in [0, 0.05) is 12.1 Å². The molecule has 0 heterocycles. The summed E-state index contributed by atoms with van der Waals surface area (Å²) in [5.41, 5.74) is 8.51. The molecule has 1 aliphatic carbocycles. The van der Waals surface area contributed by atoms with Crippen LogP contribution < -0.4 is 11.1 Å². The number of nitrogens with two attached hydrogens (primary N) is 1. The molecule has 0 aromatic heterocycles. The predicted molar refractivity (Wildman–Crippen MR) is 73.2 cm³/mol. The van der Waals surface area contributed by atoms with Crippen LogP contribution in [0.4, 0.5) is 0 Å². The van der Waals surface area contributed by atoms with Gasteiger partial charge in [0.25, 0.3) is 0 Å². The maximum Gasteiger partial charge on any atom is 0.248 e. The summed E-state index contributed by atoms with van der Waals surface area (Å²) in [6.45, 7) is 1.78. The summed E-state index contributed by atoms with van der Waals surface area (Å²) in [4.78, 5) is 11.1. The molecule has 0 fully saturated rings. The SMILES string of the molecule is NC(=O)c1cccc(CNCCC2=CCCC2)c1. The van der Waals surface area contributed by atoms with Crippen LogP contribution in [0.25, 0.3) is 0 Å². The zero-order valence-electron chi connectivity index (χ0n) is 10.6. The maximum absolute atomic E-state index is 11.1. The smallest absolute Gasteiger partial charge is 0.248 e. The average Bonchev–Trinajstić information content (AvgIpc) is 2.88. The van der Waals surface area contributed by atoms with Crippen molar-refractivity contribution in [2.24, 2.45) is 5.73 Å². The molecular formula is C15H20N2O. The van der Waals surface area contributed by atoms with Crippen molar-refractivity contribution in [3.05, 3.63) is 47.0 Å². The minimum atomic E-state index is -0.368. The third-order valence-electron chi connectivity index (χ3n) is 3.30. The van der Waals surface area contributed by atoms with Gasteiger partial charge in [0.1, 0.15) is 0 Å². The van der Waals surface area contributed by atoms with Gasteiger partial charge in [0.15, 0.2) is 0 Å². The van der Waals surface area contributed by atoms with Gasteiger partial charge in [-0.05, 0) is 49.9 Å². The van der Waals surface area contributed by atoms with E-state index < -0.39 is 0 Å². The number of allylic oxidation sites excluding steroid dienone is 1. The fourth-order valence-corrected chi connectivity index (χ4v) is 2.28. The second-order valence-corrected chi connectivity index (χ2v) is 4.75. The van der Waals surface area contributed by atoms with Gasteiger partial charge in [0.2, 0.25) is 5.91 Å². The molecule has 0 saturated heterocycles. The van der Waals surface area contributed by atoms with Crippen LogP contribution in [-0.4, -0.2) is 12.5 Å². The van der Waals surface area contributed by atoms with Crippen molar-refractivity contribution in [1.82, 2.24) is 5.32 Å². The second kappa shape index (κ2) is 6.36. The summed E-state index contributed by atoms with van der Waals surface area (Å²) in [5.74, 6) is -0.368. The van der Waals surface area contributed by atoms with E-state index in [1.807, 2.05) is 18.2 Å². The zero-order valence-corrected chi connectivity index (χ0v) is 10.6. The largest absolute Gasteiger partial charge is 0.366 e. The van der Waals surface area contributed by atoms with Gasteiger partial charge >= 0.3 is 0 Å². The van der Waals surface area contributed by atoms with Crippen LogP contribution in [0.2, 0.25) is 0 Å². The monoisotopic (exact) mass is 244 g/mol. The van der Waals surface area contributed by atoms with E-state index >= 15 is 0 Å². The third-order valence-corrected chi connectivity index (χ3v) is 3.30. The molecule has 2 rings (SSSR count). The van der Waals surface area contributed by atoms with Crippen LogP contribution in [0, 0.1) is 0 Å². The van der Waals surface area contributed by atoms with Crippen molar-refractivity contribution in [2.45, 2.75) is 32.2 Å².